The lowest BCUT2D eigenvalue weighted by atomic mass is 10.2. The molecule has 0 spiro atoms. The van der Waals surface area contributed by atoms with Crippen LogP contribution in [0.4, 0.5) is 0 Å². The number of benzene rings is 1. The zero-order valence-electron chi connectivity index (χ0n) is 12.7. The van der Waals surface area contributed by atoms with Crippen LogP contribution >= 0.6 is 11.6 Å². The minimum atomic E-state index is -3.55. The number of aliphatic hydroxyl groups excluding tert-OH is 1. The average Bonchev–Trinajstić information content (AvgIpc) is 2.89. The fourth-order valence-electron chi connectivity index (χ4n) is 2.32. The Hall–Kier alpha value is -1.48. The zero-order chi connectivity index (χ0) is 16.8. The summed E-state index contributed by atoms with van der Waals surface area (Å²) in [5.41, 5.74) is 1.30. The Bertz CT molecular complexity index is 828. The van der Waals surface area contributed by atoms with Crippen molar-refractivity contribution >= 4 is 21.6 Å². The summed E-state index contributed by atoms with van der Waals surface area (Å²) in [6.45, 7) is 4.06. The molecule has 0 saturated carbocycles. The number of aliphatic hydroxyl groups is 1. The zero-order valence-corrected chi connectivity index (χ0v) is 14.3. The summed E-state index contributed by atoms with van der Waals surface area (Å²) in [6.07, 6.45) is 0.945. The lowest BCUT2D eigenvalue weighted by Crippen LogP contribution is -2.50. The maximum Gasteiger partial charge on any atom is 0.243 e. The molecule has 2 aromatic rings. The van der Waals surface area contributed by atoms with Gasteiger partial charge in [-0.05, 0) is 31.5 Å². The fraction of sp³-hybridized carbons (Fsp3) is 0.429. The van der Waals surface area contributed by atoms with Gasteiger partial charge in [0, 0.05) is 18.1 Å². The van der Waals surface area contributed by atoms with Crippen molar-refractivity contribution in [2.75, 3.05) is 13.1 Å². The number of aromatic nitrogens is 3. The van der Waals surface area contributed by atoms with Crippen LogP contribution in [0.5, 0.6) is 0 Å². The van der Waals surface area contributed by atoms with E-state index in [1.165, 1.54) is 10.4 Å². The number of halogens is 1. The molecule has 9 heteroatoms. The third-order valence-electron chi connectivity index (χ3n) is 3.94. The number of sulfonamides is 1. The molecule has 1 N–H and O–H groups in total. The normalized spacial score (nSPS) is 17.9. The topological polar surface area (TPSA) is 88.3 Å². The van der Waals surface area contributed by atoms with Gasteiger partial charge >= 0.3 is 0 Å². The number of hydrogen-bond donors (Lipinski definition) is 1. The molecule has 1 atom stereocenters. The maximum absolute atomic E-state index is 12.6. The number of hydrogen-bond acceptors (Lipinski definition) is 5. The second-order valence-electron chi connectivity index (χ2n) is 5.69. The summed E-state index contributed by atoms with van der Waals surface area (Å²) in [5, 5.41) is 17.7. The molecule has 1 aromatic heterocycles. The van der Waals surface area contributed by atoms with E-state index in [0.717, 1.165) is 5.56 Å². The highest BCUT2D eigenvalue weighted by Crippen LogP contribution is 2.30. The van der Waals surface area contributed by atoms with E-state index in [2.05, 4.69) is 10.3 Å². The van der Waals surface area contributed by atoms with Crippen molar-refractivity contribution in [3.63, 3.8) is 0 Å². The summed E-state index contributed by atoms with van der Waals surface area (Å²) in [4.78, 5) is 0.190. The van der Waals surface area contributed by atoms with Crippen molar-refractivity contribution in [1.82, 2.24) is 19.3 Å². The molecule has 0 amide bonds. The largest absolute Gasteiger partial charge is 0.387 e. The number of aryl methyl sites for hydroxylation is 1. The quantitative estimate of drug-likeness (QED) is 0.897. The van der Waals surface area contributed by atoms with E-state index in [9.17, 15) is 13.5 Å². The van der Waals surface area contributed by atoms with E-state index in [1.54, 1.807) is 29.9 Å². The molecular weight excluding hydrogens is 340 g/mol. The van der Waals surface area contributed by atoms with Crippen LogP contribution in [0, 0.1) is 6.92 Å². The molecule has 1 saturated heterocycles. The van der Waals surface area contributed by atoms with E-state index in [0.29, 0.717) is 23.8 Å². The molecule has 1 fully saturated rings. The smallest absolute Gasteiger partial charge is 0.243 e. The van der Waals surface area contributed by atoms with Crippen LogP contribution in [-0.4, -0.2) is 45.9 Å². The highest BCUT2D eigenvalue weighted by molar-refractivity contribution is 7.89. The van der Waals surface area contributed by atoms with Crippen molar-refractivity contribution in [1.29, 1.82) is 0 Å². The molecule has 0 radical (unpaired) electrons. The Balaban J connectivity index is 1.73. The molecular formula is C14H17ClN4O3S. The molecule has 0 aliphatic carbocycles. The van der Waals surface area contributed by atoms with Gasteiger partial charge in [0.1, 0.15) is 5.69 Å². The molecule has 2 heterocycles. The van der Waals surface area contributed by atoms with Gasteiger partial charge in [0.2, 0.25) is 10.0 Å². The highest BCUT2D eigenvalue weighted by atomic mass is 35.5. The molecule has 7 nitrogen and oxygen atoms in total. The Morgan fingerprint density at radius 1 is 1.39 bits per heavy atom. The molecule has 3 rings (SSSR count). The predicted molar refractivity (Wildman–Crippen MR) is 84.6 cm³/mol. The van der Waals surface area contributed by atoms with Crippen LogP contribution in [0.1, 0.15) is 30.3 Å². The van der Waals surface area contributed by atoms with Crippen molar-refractivity contribution < 1.29 is 13.5 Å². The summed E-state index contributed by atoms with van der Waals surface area (Å²) < 4.78 is 28.1. The second kappa shape index (κ2) is 5.86. The van der Waals surface area contributed by atoms with Gasteiger partial charge in [0.05, 0.1) is 23.2 Å². The lowest BCUT2D eigenvalue weighted by molar-refractivity contribution is 0.187. The summed E-state index contributed by atoms with van der Waals surface area (Å²) >= 11 is 6.01. The molecule has 23 heavy (non-hydrogen) atoms. The fourth-order valence-corrected chi connectivity index (χ4v) is 4.11. The third kappa shape index (κ3) is 2.99. The summed E-state index contributed by atoms with van der Waals surface area (Å²) in [5.74, 6) is 0. The van der Waals surface area contributed by atoms with Crippen LogP contribution < -0.4 is 0 Å². The maximum atomic E-state index is 12.6. The van der Waals surface area contributed by atoms with Gasteiger partial charge in [-0.1, -0.05) is 22.9 Å². The van der Waals surface area contributed by atoms with Gasteiger partial charge in [-0.25, -0.2) is 13.1 Å². The standard InChI is InChI=1S/C14H17ClN4O3S/c1-9-3-4-12(5-13(9)15)23(21,22)18-6-11(7-18)19-8-14(10(2)20)16-17-19/h3-5,8,10-11,20H,6-7H2,1-2H3/t10-/m1/s1. The van der Waals surface area contributed by atoms with Gasteiger partial charge in [-0.2, -0.15) is 4.31 Å². The van der Waals surface area contributed by atoms with Crippen LogP contribution in [0.2, 0.25) is 5.02 Å². The lowest BCUT2D eigenvalue weighted by Gasteiger charge is -2.37. The predicted octanol–water partition coefficient (Wildman–Crippen LogP) is 1.54. The Morgan fingerprint density at radius 3 is 2.65 bits per heavy atom. The Morgan fingerprint density at radius 2 is 2.09 bits per heavy atom. The third-order valence-corrected chi connectivity index (χ3v) is 6.17. The van der Waals surface area contributed by atoms with E-state index >= 15 is 0 Å². The van der Waals surface area contributed by atoms with Crippen LogP contribution in [0.3, 0.4) is 0 Å². The van der Waals surface area contributed by atoms with E-state index in [1.807, 2.05) is 6.92 Å². The summed E-state index contributed by atoms with van der Waals surface area (Å²) in [6, 6.07) is 4.65. The first-order chi connectivity index (χ1) is 10.8. The Labute approximate surface area is 139 Å². The van der Waals surface area contributed by atoms with Gasteiger partial charge < -0.3 is 5.11 Å². The van der Waals surface area contributed by atoms with E-state index in [4.69, 9.17) is 11.6 Å². The monoisotopic (exact) mass is 356 g/mol. The minimum absolute atomic E-state index is 0.0781. The van der Waals surface area contributed by atoms with Crippen LogP contribution in [-0.2, 0) is 10.0 Å². The number of rotatable bonds is 4. The summed E-state index contributed by atoms with van der Waals surface area (Å²) in [7, 11) is -3.55. The highest BCUT2D eigenvalue weighted by Gasteiger charge is 2.38. The Kier molecular flexibility index (Phi) is 4.18. The second-order valence-corrected chi connectivity index (χ2v) is 8.03. The van der Waals surface area contributed by atoms with Gasteiger partial charge in [0.15, 0.2) is 0 Å². The molecule has 1 aliphatic heterocycles. The minimum Gasteiger partial charge on any atom is -0.387 e. The number of nitrogens with zero attached hydrogens (tertiary/aromatic N) is 4. The molecule has 124 valence electrons. The van der Waals surface area contributed by atoms with Crippen molar-refractivity contribution in [2.24, 2.45) is 0 Å². The molecule has 0 unspecified atom stereocenters. The van der Waals surface area contributed by atoms with E-state index < -0.39 is 16.1 Å². The molecule has 1 aliphatic rings. The van der Waals surface area contributed by atoms with Crippen molar-refractivity contribution in [3.8, 4) is 0 Å². The SMILES string of the molecule is Cc1ccc(S(=O)(=O)N2CC(n3cc([C@@H](C)O)nn3)C2)cc1Cl. The molecule has 1 aromatic carbocycles. The average molecular weight is 357 g/mol. The van der Waals surface area contributed by atoms with Gasteiger partial charge in [-0.3, -0.25) is 0 Å². The first-order valence-corrected chi connectivity index (χ1v) is 8.97. The van der Waals surface area contributed by atoms with E-state index in [-0.39, 0.29) is 10.9 Å². The van der Waals surface area contributed by atoms with Gasteiger partial charge in [-0.15, -0.1) is 5.10 Å². The first kappa shape index (κ1) is 16.4. The van der Waals surface area contributed by atoms with Crippen LogP contribution in [0.25, 0.3) is 0 Å². The van der Waals surface area contributed by atoms with Gasteiger partial charge in [0.25, 0.3) is 0 Å². The molecule has 0 bridgehead atoms. The first-order valence-electron chi connectivity index (χ1n) is 7.15. The van der Waals surface area contributed by atoms with Crippen molar-refractivity contribution in [2.45, 2.75) is 30.9 Å². The van der Waals surface area contributed by atoms with Crippen molar-refractivity contribution in [3.05, 3.63) is 40.7 Å². The van der Waals surface area contributed by atoms with Crippen LogP contribution in [0.15, 0.2) is 29.3 Å².